The summed E-state index contributed by atoms with van der Waals surface area (Å²) in [6, 6.07) is 16.7. The number of fused-ring (bicyclic) bond motifs is 1. The van der Waals surface area contributed by atoms with Gasteiger partial charge in [0.1, 0.15) is 5.75 Å². The molecule has 2 N–H and O–H groups in total. The molecule has 1 aliphatic rings. The summed E-state index contributed by atoms with van der Waals surface area (Å²) in [5.41, 5.74) is 9.61. The summed E-state index contributed by atoms with van der Waals surface area (Å²) in [5, 5.41) is 0. The second-order valence-corrected chi connectivity index (χ2v) is 5.42. The van der Waals surface area contributed by atoms with Crippen LogP contribution >= 0.6 is 0 Å². The van der Waals surface area contributed by atoms with E-state index in [4.69, 9.17) is 10.5 Å². The molecular formula is C18H22N2O. The Morgan fingerprint density at radius 2 is 2.00 bits per heavy atom. The fourth-order valence-corrected chi connectivity index (χ4v) is 2.85. The van der Waals surface area contributed by atoms with Crippen LogP contribution in [-0.4, -0.2) is 19.7 Å². The van der Waals surface area contributed by atoms with Crippen LogP contribution in [0.15, 0.2) is 48.5 Å². The summed E-state index contributed by atoms with van der Waals surface area (Å²) in [7, 11) is 0. The first kappa shape index (κ1) is 14.0. The number of para-hydroxylation sites is 1. The normalized spacial score (nSPS) is 13.3. The fourth-order valence-electron chi connectivity index (χ4n) is 2.85. The van der Waals surface area contributed by atoms with Crippen LogP contribution in [-0.2, 0) is 13.0 Å². The molecule has 0 radical (unpaired) electrons. The third kappa shape index (κ3) is 3.37. The van der Waals surface area contributed by atoms with Gasteiger partial charge in [-0.25, -0.2) is 0 Å². The molecule has 3 heteroatoms. The lowest BCUT2D eigenvalue weighted by Gasteiger charge is -2.19. The second kappa shape index (κ2) is 6.64. The highest BCUT2D eigenvalue weighted by atomic mass is 16.5. The van der Waals surface area contributed by atoms with Gasteiger partial charge < -0.3 is 15.4 Å². The van der Waals surface area contributed by atoms with Crippen molar-refractivity contribution in [3.05, 3.63) is 59.7 Å². The van der Waals surface area contributed by atoms with E-state index in [1.165, 1.54) is 11.3 Å². The lowest BCUT2D eigenvalue weighted by molar-refractivity contribution is 0.312. The Balaban J connectivity index is 1.47. The van der Waals surface area contributed by atoms with Gasteiger partial charge in [-0.2, -0.15) is 0 Å². The maximum Gasteiger partial charge on any atom is 0.119 e. The molecule has 3 rings (SSSR count). The van der Waals surface area contributed by atoms with Crippen LogP contribution in [0, 0.1) is 0 Å². The molecule has 21 heavy (non-hydrogen) atoms. The summed E-state index contributed by atoms with van der Waals surface area (Å²) in [4.78, 5) is 2.45. The largest absolute Gasteiger partial charge is 0.494 e. The van der Waals surface area contributed by atoms with Crippen molar-refractivity contribution in [3.63, 3.8) is 0 Å². The van der Waals surface area contributed by atoms with Crippen LogP contribution in [0.5, 0.6) is 5.75 Å². The van der Waals surface area contributed by atoms with Gasteiger partial charge in [-0.3, -0.25) is 0 Å². The van der Waals surface area contributed by atoms with Crippen LogP contribution in [0.1, 0.15) is 17.5 Å². The van der Waals surface area contributed by atoms with E-state index in [1.807, 2.05) is 24.3 Å². The monoisotopic (exact) mass is 282 g/mol. The van der Waals surface area contributed by atoms with Crippen molar-refractivity contribution in [1.29, 1.82) is 0 Å². The van der Waals surface area contributed by atoms with Crippen LogP contribution < -0.4 is 15.4 Å². The van der Waals surface area contributed by atoms with E-state index in [-0.39, 0.29) is 0 Å². The molecule has 1 heterocycles. The van der Waals surface area contributed by atoms with Crippen molar-refractivity contribution in [3.8, 4) is 5.75 Å². The zero-order valence-electron chi connectivity index (χ0n) is 12.3. The topological polar surface area (TPSA) is 38.5 Å². The van der Waals surface area contributed by atoms with Crippen molar-refractivity contribution < 1.29 is 4.74 Å². The Bertz CT molecular complexity index is 597. The molecule has 0 bridgehead atoms. The van der Waals surface area contributed by atoms with Gasteiger partial charge in [-0.05, 0) is 42.2 Å². The van der Waals surface area contributed by atoms with Crippen molar-refractivity contribution in [2.75, 3.05) is 24.6 Å². The number of hydrogen-bond acceptors (Lipinski definition) is 3. The molecule has 2 aromatic rings. The van der Waals surface area contributed by atoms with Crippen LogP contribution in [0.3, 0.4) is 0 Å². The van der Waals surface area contributed by atoms with Crippen molar-refractivity contribution in [1.82, 2.24) is 0 Å². The molecule has 1 aliphatic heterocycles. The van der Waals surface area contributed by atoms with E-state index in [0.717, 1.165) is 43.9 Å². The molecule has 3 nitrogen and oxygen atoms in total. The Labute approximate surface area is 126 Å². The number of nitrogens with zero attached hydrogens (tertiary/aromatic N) is 1. The van der Waals surface area contributed by atoms with Crippen molar-refractivity contribution in [2.24, 2.45) is 5.73 Å². The number of ether oxygens (including phenoxy) is 1. The number of nitrogens with two attached hydrogens (primary N) is 1. The van der Waals surface area contributed by atoms with E-state index in [9.17, 15) is 0 Å². The first-order chi connectivity index (χ1) is 10.4. The SMILES string of the molecule is NCc1cccc(OCCCN2CCc3ccccc32)c1. The molecule has 0 saturated heterocycles. The zero-order chi connectivity index (χ0) is 14.5. The summed E-state index contributed by atoms with van der Waals surface area (Å²) >= 11 is 0. The molecule has 0 saturated carbocycles. The number of rotatable bonds is 6. The molecular weight excluding hydrogens is 260 g/mol. The molecule has 0 aromatic heterocycles. The second-order valence-electron chi connectivity index (χ2n) is 5.42. The maximum atomic E-state index is 5.81. The standard InChI is InChI=1S/C18H22N2O/c19-14-15-5-3-7-17(13-15)21-12-4-10-20-11-9-16-6-1-2-8-18(16)20/h1-3,5-8,13H,4,9-12,14,19H2. The van der Waals surface area contributed by atoms with E-state index in [1.54, 1.807) is 0 Å². The average molecular weight is 282 g/mol. The molecule has 2 aromatic carbocycles. The maximum absolute atomic E-state index is 5.81. The highest BCUT2D eigenvalue weighted by Gasteiger charge is 2.17. The van der Waals surface area contributed by atoms with Gasteiger partial charge in [0.05, 0.1) is 6.61 Å². The fraction of sp³-hybridized carbons (Fsp3) is 0.333. The summed E-state index contributed by atoms with van der Waals surface area (Å²) < 4.78 is 5.81. The third-order valence-electron chi connectivity index (χ3n) is 3.96. The van der Waals surface area contributed by atoms with Gasteiger partial charge in [0.25, 0.3) is 0 Å². The highest BCUT2D eigenvalue weighted by Crippen LogP contribution is 2.27. The Morgan fingerprint density at radius 3 is 2.90 bits per heavy atom. The number of hydrogen-bond donors (Lipinski definition) is 1. The smallest absolute Gasteiger partial charge is 0.119 e. The van der Waals surface area contributed by atoms with Crippen molar-refractivity contribution in [2.45, 2.75) is 19.4 Å². The van der Waals surface area contributed by atoms with Crippen LogP contribution in [0.25, 0.3) is 0 Å². The average Bonchev–Trinajstić information content (AvgIpc) is 2.95. The van der Waals surface area contributed by atoms with Gasteiger partial charge in [-0.1, -0.05) is 30.3 Å². The van der Waals surface area contributed by atoms with Gasteiger partial charge in [0, 0.05) is 25.3 Å². The Hall–Kier alpha value is -2.00. The van der Waals surface area contributed by atoms with Gasteiger partial charge >= 0.3 is 0 Å². The van der Waals surface area contributed by atoms with Gasteiger partial charge in [0.2, 0.25) is 0 Å². The summed E-state index contributed by atoms with van der Waals surface area (Å²) in [5.74, 6) is 0.916. The molecule has 0 spiro atoms. The first-order valence-electron chi connectivity index (χ1n) is 7.61. The Kier molecular flexibility index (Phi) is 4.41. The predicted octanol–water partition coefficient (Wildman–Crippen LogP) is 2.98. The predicted molar refractivity (Wildman–Crippen MR) is 86.8 cm³/mol. The van der Waals surface area contributed by atoms with E-state index in [2.05, 4.69) is 29.2 Å². The minimum absolute atomic E-state index is 0.557. The molecule has 0 aliphatic carbocycles. The number of benzene rings is 2. The minimum atomic E-state index is 0.557. The zero-order valence-corrected chi connectivity index (χ0v) is 12.3. The quantitative estimate of drug-likeness (QED) is 0.828. The minimum Gasteiger partial charge on any atom is -0.494 e. The molecule has 0 atom stereocenters. The van der Waals surface area contributed by atoms with E-state index in [0.29, 0.717) is 6.54 Å². The molecule has 0 fully saturated rings. The third-order valence-corrected chi connectivity index (χ3v) is 3.96. The van der Waals surface area contributed by atoms with Gasteiger partial charge in [-0.15, -0.1) is 0 Å². The summed E-state index contributed by atoms with van der Waals surface area (Å²) in [6.07, 6.45) is 2.19. The van der Waals surface area contributed by atoms with Gasteiger partial charge in [0.15, 0.2) is 0 Å². The number of anilines is 1. The van der Waals surface area contributed by atoms with E-state index >= 15 is 0 Å². The lowest BCUT2D eigenvalue weighted by Crippen LogP contribution is -2.23. The van der Waals surface area contributed by atoms with Crippen molar-refractivity contribution >= 4 is 5.69 Å². The molecule has 110 valence electrons. The van der Waals surface area contributed by atoms with E-state index < -0.39 is 0 Å². The highest BCUT2D eigenvalue weighted by molar-refractivity contribution is 5.57. The van der Waals surface area contributed by atoms with Crippen LogP contribution in [0.4, 0.5) is 5.69 Å². The molecule has 0 unspecified atom stereocenters. The van der Waals surface area contributed by atoms with Crippen LogP contribution in [0.2, 0.25) is 0 Å². The Morgan fingerprint density at radius 1 is 1.10 bits per heavy atom. The first-order valence-corrected chi connectivity index (χ1v) is 7.61. The molecule has 0 amide bonds. The summed E-state index contributed by atoms with van der Waals surface area (Å²) in [6.45, 7) is 3.48. The lowest BCUT2D eigenvalue weighted by atomic mass is 10.2.